The van der Waals surface area contributed by atoms with Crippen molar-refractivity contribution in [2.45, 2.75) is 18.4 Å². The summed E-state index contributed by atoms with van der Waals surface area (Å²) in [6, 6.07) is 20.7. The number of aliphatic hydroxyl groups is 1. The van der Waals surface area contributed by atoms with Crippen molar-refractivity contribution in [3.05, 3.63) is 60.7 Å². The Morgan fingerprint density at radius 3 is 2.05 bits per heavy atom. The summed E-state index contributed by atoms with van der Waals surface area (Å²) in [6.07, 6.45) is 1.88. The molecule has 1 saturated heterocycles. The molecule has 110 valence electrons. The summed E-state index contributed by atoms with van der Waals surface area (Å²) < 4.78 is 0. The fourth-order valence-electron chi connectivity index (χ4n) is 2.98. The Hall–Kier alpha value is -2.00. The molecule has 0 radical (unpaired) electrons. The van der Waals surface area contributed by atoms with Gasteiger partial charge in [-0.3, -0.25) is 0 Å². The standard InChI is InChI=1S/C18H22N2O/c21-15-18(19-16-7-3-1-4-8-16)11-13-20(14-12-18)17-9-5-2-6-10-17/h1-10,19,21H,11-15H2. The van der Waals surface area contributed by atoms with Crippen LogP contribution in [0.3, 0.4) is 0 Å². The predicted octanol–water partition coefficient (Wildman–Crippen LogP) is 3.13. The van der Waals surface area contributed by atoms with Gasteiger partial charge < -0.3 is 15.3 Å². The maximum Gasteiger partial charge on any atom is 0.0662 e. The lowest BCUT2D eigenvalue weighted by Crippen LogP contribution is -2.51. The summed E-state index contributed by atoms with van der Waals surface area (Å²) in [6.45, 7) is 2.10. The van der Waals surface area contributed by atoms with Crippen LogP contribution >= 0.6 is 0 Å². The number of anilines is 2. The number of rotatable bonds is 4. The molecule has 0 amide bonds. The summed E-state index contributed by atoms with van der Waals surface area (Å²) >= 11 is 0. The molecule has 1 aliphatic heterocycles. The SMILES string of the molecule is OCC1(Nc2ccccc2)CCN(c2ccccc2)CC1. The fourth-order valence-corrected chi connectivity index (χ4v) is 2.98. The first kappa shape index (κ1) is 14.0. The first-order chi connectivity index (χ1) is 10.3. The maximum atomic E-state index is 9.88. The normalized spacial score (nSPS) is 17.5. The Morgan fingerprint density at radius 1 is 0.905 bits per heavy atom. The van der Waals surface area contributed by atoms with Gasteiger partial charge in [0.25, 0.3) is 0 Å². The second-order valence-corrected chi connectivity index (χ2v) is 5.75. The molecule has 0 aliphatic carbocycles. The van der Waals surface area contributed by atoms with Gasteiger partial charge >= 0.3 is 0 Å². The number of piperidine rings is 1. The average molecular weight is 282 g/mol. The molecule has 0 bridgehead atoms. The molecule has 1 aliphatic rings. The number of para-hydroxylation sites is 2. The van der Waals surface area contributed by atoms with E-state index < -0.39 is 0 Å². The molecular formula is C18H22N2O. The molecule has 2 aromatic rings. The van der Waals surface area contributed by atoms with Crippen molar-refractivity contribution in [1.82, 2.24) is 0 Å². The van der Waals surface area contributed by atoms with Crippen LogP contribution in [-0.4, -0.2) is 30.3 Å². The van der Waals surface area contributed by atoms with Crippen molar-refractivity contribution in [1.29, 1.82) is 0 Å². The number of nitrogens with one attached hydrogen (secondary N) is 1. The third kappa shape index (κ3) is 3.19. The predicted molar refractivity (Wildman–Crippen MR) is 87.8 cm³/mol. The molecule has 1 fully saturated rings. The van der Waals surface area contributed by atoms with Gasteiger partial charge in [0.2, 0.25) is 0 Å². The average Bonchev–Trinajstić information content (AvgIpc) is 2.57. The zero-order chi connectivity index (χ0) is 14.5. The van der Waals surface area contributed by atoms with E-state index in [4.69, 9.17) is 0 Å². The molecule has 0 unspecified atom stereocenters. The van der Waals surface area contributed by atoms with Crippen molar-refractivity contribution in [2.75, 3.05) is 29.9 Å². The van der Waals surface area contributed by atoms with Crippen LogP contribution in [0.5, 0.6) is 0 Å². The molecule has 0 spiro atoms. The van der Waals surface area contributed by atoms with Gasteiger partial charge in [-0.1, -0.05) is 36.4 Å². The molecule has 1 heterocycles. The molecule has 3 heteroatoms. The number of aliphatic hydroxyl groups excluding tert-OH is 1. The lowest BCUT2D eigenvalue weighted by molar-refractivity contribution is 0.186. The van der Waals surface area contributed by atoms with Crippen LogP contribution in [0.15, 0.2) is 60.7 Å². The lowest BCUT2D eigenvalue weighted by Gasteiger charge is -2.42. The Balaban J connectivity index is 1.67. The molecule has 0 saturated carbocycles. The van der Waals surface area contributed by atoms with Gasteiger partial charge in [0, 0.05) is 24.5 Å². The largest absolute Gasteiger partial charge is 0.394 e. The van der Waals surface area contributed by atoms with Crippen molar-refractivity contribution in [2.24, 2.45) is 0 Å². The first-order valence-electron chi connectivity index (χ1n) is 7.55. The minimum atomic E-state index is -0.202. The second kappa shape index (κ2) is 6.19. The molecule has 2 N–H and O–H groups in total. The Labute approximate surface area is 126 Å². The third-order valence-corrected chi connectivity index (χ3v) is 4.33. The maximum absolute atomic E-state index is 9.88. The molecule has 21 heavy (non-hydrogen) atoms. The molecular weight excluding hydrogens is 260 g/mol. The van der Waals surface area contributed by atoms with Crippen LogP contribution in [0.25, 0.3) is 0 Å². The van der Waals surface area contributed by atoms with Crippen LogP contribution in [0.2, 0.25) is 0 Å². The zero-order valence-corrected chi connectivity index (χ0v) is 12.2. The summed E-state index contributed by atoms with van der Waals surface area (Å²) in [4.78, 5) is 2.39. The highest BCUT2D eigenvalue weighted by Gasteiger charge is 2.33. The van der Waals surface area contributed by atoms with E-state index >= 15 is 0 Å². The van der Waals surface area contributed by atoms with Crippen LogP contribution in [0.1, 0.15) is 12.8 Å². The van der Waals surface area contributed by atoms with E-state index in [9.17, 15) is 5.11 Å². The highest BCUT2D eigenvalue weighted by Crippen LogP contribution is 2.29. The molecule has 3 nitrogen and oxygen atoms in total. The van der Waals surface area contributed by atoms with Crippen LogP contribution in [-0.2, 0) is 0 Å². The van der Waals surface area contributed by atoms with E-state index in [1.165, 1.54) is 5.69 Å². The molecule has 3 rings (SSSR count). The topological polar surface area (TPSA) is 35.5 Å². The fraction of sp³-hybridized carbons (Fsp3) is 0.333. The highest BCUT2D eigenvalue weighted by molar-refractivity contribution is 5.49. The van der Waals surface area contributed by atoms with Crippen molar-refractivity contribution >= 4 is 11.4 Å². The summed E-state index contributed by atoms with van der Waals surface area (Å²) in [7, 11) is 0. The van der Waals surface area contributed by atoms with Crippen LogP contribution in [0, 0.1) is 0 Å². The summed E-state index contributed by atoms with van der Waals surface area (Å²) in [5, 5.41) is 13.4. The third-order valence-electron chi connectivity index (χ3n) is 4.33. The summed E-state index contributed by atoms with van der Waals surface area (Å²) in [5.41, 5.74) is 2.15. The van der Waals surface area contributed by atoms with Gasteiger partial charge in [0.15, 0.2) is 0 Å². The Bertz CT molecular complexity index is 548. The first-order valence-corrected chi connectivity index (χ1v) is 7.55. The van der Waals surface area contributed by atoms with Gasteiger partial charge in [-0.15, -0.1) is 0 Å². The zero-order valence-electron chi connectivity index (χ0n) is 12.2. The smallest absolute Gasteiger partial charge is 0.0662 e. The number of hydrogen-bond acceptors (Lipinski definition) is 3. The van der Waals surface area contributed by atoms with E-state index in [0.29, 0.717) is 0 Å². The van der Waals surface area contributed by atoms with E-state index in [1.54, 1.807) is 0 Å². The van der Waals surface area contributed by atoms with Gasteiger partial charge in [0.05, 0.1) is 12.1 Å². The quantitative estimate of drug-likeness (QED) is 0.904. The lowest BCUT2D eigenvalue weighted by atomic mass is 9.87. The number of nitrogens with zero attached hydrogens (tertiary/aromatic N) is 1. The second-order valence-electron chi connectivity index (χ2n) is 5.75. The van der Waals surface area contributed by atoms with Crippen LogP contribution < -0.4 is 10.2 Å². The van der Waals surface area contributed by atoms with E-state index in [-0.39, 0.29) is 12.1 Å². The van der Waals surface area contributed by atoms with E-state index in [2.05, 4.69) is 46.6 Å². The minimum Gasteiger partial charge on any atom is -0.394 e. The Kier molecular flexibility index (Phi) is 4.11. The van der Waals surface area contributed by atoms with Gasteiger partial charge in [-0.05, 0) is 37.1 Å². The van der Waals surface area contributed by atoms with E-state index in [1.807, 2.05) is 24.3 Å². The highest BCUT2D eigenvalue weighted by atomic mass is 16.3. The minimum absolute atomic E-state index is 0.171. The van der Waals surface area contributed by atoms with Gasteiger partial charge in [-0.25, -0.2) is 0 Å². The number of benzene rings is 2. The number of hydrogen-bond donors (Lipinski definition) is 2. The molecule has 2 aromatic carbocycles. The monoisotopic (exact) mass is 282 g/mol. The summed E-state index contributed by atoms with van der Waals surface area (Å²) in [5.74, 6) is 0. The van der Waals surface area contributed by atoms with Gasteiger partial charge in [-0.2, -0.15) is 0 Å². The molecule has 0 atom stereocenters. The van der Waals surface area contributed by atoms with Crippen molar-refractivity contribution < 1.29 is 5.11 Å². The Morgan fingerprint density at radius 2 is 1.48 bits per heavy atom. The van der Waals surface area contributed by atoms with Crippen molar-refractivity contribution in [3.8, 4) is 0 Å². The van der Waals surface area contributed by atoms with E-state index in [0.717, 1.165) is 31.6 Å². The van der Waals surface area contributed by atoms with Crippen LogP contribution in [0.4, 0.5) is 11.4 Å². The van der Waals surface area contributed by atoms with Gasteiger partial charge in [0.1, 0.15) is 0 Å². The van der Waals surface area contributed by atoms with Crippen molar-refractivity contribution in [3.63, 3.8) is 0 Å². The molecule has 0 aromatic heterocycles.